The van der Waals surface area contributed by atoms with Crippen molar-refractivity contribution in [2.75, 3.05) is 7.11 Å². The molecule has 2 heterocycles. The van der Waals surface area contributed by atoms with Gasteiger partial charge in [0.15, 0.2) is 5.76 Å². The molecule has 1 unspecified atom stereocenters. The van der Waals surface area contributed by atoms with Gasteiger partial charge in [0, 0.05) is 6.54 Å². The molecule has 0 bridgehead atoms. The van der Waals surface area contributed by atoms with E-state index >= 15 is 0 Å². The Kier molecular flexibility index (Phi) is 5.18. The van der Waals surface area contributed by atoms with E-state index in [4.69, 9.17) is 4.74 Å². The van der Waals surface area contributed by atoms with Crippen LogP contribution >= 0.6 is 11.3 Å². The van der Waals surface area contributed by atoms with Gasteiger partial charge in [0.2, 0.25) is 5.78 Å². The Labute approximate surface area is 172 Å². The van der Waals surface area contributed by atoms with Crippen LogP contribution in [0.15, 0.2) is 83.4 Å². The Balaban J connectivity index is 1.77. The van der Waals surface area contributed by atoms with E-state index in [0.717, 1.165) is 11.1 Å². The fourth-order valence-electron chi connectivity index (χ4n) is 3.54. The van der Waals surface area contributed by atoms with Crippen LogP contribution in [0, 0.1) is 0 Å². The molecule has 0 aliphatic carbocycles. The molecule has 6 heteroatoms. The van der Waals surface area contributed by atoms with E-state index in [0.29, 0.717) is 10.6 Å². The molecule has 1 aromatic heterocycles. The van der Waals surface area contributed by atoms with Gasteiger partial charge in [-0.25, -0.2) is 0 Å². The maximum Gasteiger partial charge on any atom is 0.290 e. The molecule has 1 aliphatic heterocycles. The number of ketones is 1. The number of carbonyl (C=O) groups is 2. The summed E-state index contributed by atoms with van der Waals surface area (Å²) in [6.45, 7) is 0.237. The quantitative estimate of drug-likeness (QED) is 0.612. The molecule has 5 nitrogen and oxygen atoms in total. The summed E-state index contributed by atoms with van der Waals surface area (Å²) >= 11 is 1.29. The molecule has 146 valence electrons. The minimum absolute atomic E-state index is 0.117. The molecule has 0 radical (unpaired) electrons. The molecular weight excluding hydrogens is 386 g/mol. The molecule has 1 amide bonds. The van der Waals surface area contributed by atoms with Gasteiger partial charge in [-0.3, -0.25) is 9.59 Å². The molecule has 4 rings (SSSR count). The second-order valence-corrected chi connectivity index (χ2v) is 7.61. The molecule has 1 aliphatic rings. The first-order valence-corrected chi connectivity index (χ1v) is 9.98. The lowest BCUT2D eigenvalue weighted by molar-refractivity contribution is -0.130. The summed E-state index contributed by atoms with van der Waals surface area (Å²) < 4.78 is 5.27. The number of aliphatic hydroxyl groups excluding tert-OH is 1. The molecule has 0 saturated carbocycles. The van der Waals surface area contributed by atoms with E-state index in [-0.39, 0.29) is 17.9 Å². The number of nitrogens with zero attached hydrogens (tertiary/aromatic N) is 1. The summed E-state index contributed by atoms with van der Waals surface area (Å²) in [7, 11) is 1.58. The highest BCUT2D eigenvalue weighted by molar-refractivity contribution is 7.12. The van der Waals surface area contributed by atoms with Gasteiger partial charge in [0.05, 0.1) is 23.6 Å². The van der Waals surface area contributed by atoms with Crippen molar-refractivity contribution in [2.24, 2.45) is 0 Å². The average Bonchev–Trinajstić information content (AvgIpc) is 3.37. The van der Waals surface area contributed by atoms with Crippen LogP contribution in [0.3, 0.4) is 0 Å². The minimum atomic E-state index is -0.662. The molecule has 2 aromatic carbocycles. The number of Topliss-reactive ketones (excluding diaryl/α,β-unsaturated/α-hetero) is 1. The van der Waals surface area contributed by atoms with Crippen LogP contribution in [-0.2, 0) is 11.3 Å². The lowest BCUT2D eigenvalue weighted by atomic mass is 9.95. The van der Waals surface area contributed by atoms with Crippen LogP contribution in [0.5, 0.6) is 5.75 Å². The molecular formula is C23H19NO4S. The number of carbonyl (C=O) groups excluding carboxylic acids is 2. The highest BCUT2D eigenvalue weighted by Crippen LogP contribution is 2.40. The number of rotatable bonds is 6. The third kappa shape index (κ3) is 3.54. The Morgan fingerprint density at radius 3 is 2.59 bits per heavy atom. The Bertz CT molecular complexity index is 1070. The van der Waals surface area contributed by atoms with Crippen molar-refractivity contribution in [3.8, 4) is 5.75 Å². The van der Waals surface area contributed by atoms with Crippen molar-refractivity contribution in [3.05, 3.63) is 99.4 Å². The zero-order chi connectivity index (χ0) is 20.4. The van der Waals surface area contributed by atoms with Gasteiger partial charge < -0.3 is 14.7 Å². The standard InChI is InChI=1S/C23H19NO4S/c1-28-17-10-5-7-15(13-17)14-24-20(16-8-3-2-4-9-16)19(22(26)23(24)27)21(25)18-11-6-12-29-18/h2-13,20,26H,14H2,1H3. The fourth-order valence-corrected chi connectivity index (χ4v) is 4.22. The van der Waals surface area contributed by atoms with E-state index in [1.165, 1.54) is 16.2 Å². The van der Waals surface area contributed by atoms with Gasteiger partial charge in [0.1, 0.15) is 5.75 Å². The van der Waals surface area contributed by atoms with E-state index in [1.807, 2.05) is 54.6 Å². The smallest absolute Gasteiger partial charge is 0.290 e. The topological polar surface area (TPSA) is 66.8 Å². The SMILES string of the molecule is COc1cccc(CN2C(=O)C(O)=C(C(=O)c3cccs3)C2c2ccccc2)c1. The second-order valence-electron chi connectivity index (χ2n) is 6.67. The molecule has 0 spiro atoms. The van der Waals surface area contributed by atoms with Crippen molar-refractivity contribution < 1.29 is 19.4 Å². The number of ether oxygens (including phenoxy) is 1. The third-order valence-corrected chi connectivity index (χ3v) is 5.76. The number of hydrogen-bond donors (Lipinski definition) is 1. The second kappa shape index (κ2) is 7.93. The first-order chi connectivity index (χ1) is 14.1. The van der Waals surface area contributed by atoms with Crippen LogP contribution < -0.4 is 4.74 Å². The highest BCUT2D eigenvalue weighted by Gasteiger charge is 2.43. The zero-order valence-corrected chi connectivity index (χ0v) is 16.6. The maximum atomic E-state index is 13.1. The summed E-state index contributed by atoms with van der Waals surface area (Å²) in [5.41, 5.74) is 1.73. The van der Waals surface area contributed by atoms with Crippen LogP contribution in [-0.4, -0.2) is 28.8 Å². The van der Waals surface area contributed by atoms with Crippen molar-refractivity contribution in [2.45, 2.75) is 12.6 Å². The predicted molar refractivity (Wildman–Crippen MR) is 111 cm³/mol. The van der Waals surface area contributed by atoms with Gasteiger partial charge in [-0.2, -0.15) is 0 Å². The Morgan fingerprint density at radius 2 is 1.90 bits per heavy atom. The molecule has 1 N–H and O–H groups in total. The van der Waals surface area contributed by atoms with Gasteiger partial charge in [0.25, 0.3) is 5.91 Å². The fraction of sp³-hybridized carbons (Fsp3) is 0.130. The number of hydrogen-bond acceptors (Lipinski definition) is 5. The van der Waals surface area contributed by atoms with Crippen LogP contribution in [0.1, 0.15) is 26.8 Å². The first-order valence-electron chi connectivity index (χ1n) is 9.10. The maximum absolute atomic E-state index is 13.1. The number of amides is 1. The van der Waals surface area contributed by atoms with Crippen LogP contribution in [0.4, 0.5) is 0 Å². The number of benzene rings is 2. The Hall–Kier alpha value is -3.38. The van der Waals surface area contributed by atoms with Crippen molar-refractivity contribution in [1.29, 1.82) is 0 Å². The lowest BCUT2D eigenvalue weighted by Gasteiger charge is -2.27. The van der Waals surface area contributed by atoms with E-state index in [9.17, 15) is 14.7 Å². The van der Waals surface area contributed by atoms with Gasteiger partial charge in [-0.15, -0.1) is 11.3 Å². The van der Waals surface area contributed by atoms with Crippen molar-refractivity contribution in [1.82, 2.24) is 4.90 Å². The van der Waals surface area contributed by atoms with Gasteiger partial charge in [-0.05, 0) is 34.7 Å². The summed E-state index contributed by atoms with van der Waals surface area (Å²) in [6, 6.07) is 19.5. The largest absolute Gasteiger partial charge is 0.503 e. The molecule has 1 atom stereocenters. The van der Waals surface area contributed by atoms with Crippen LogP contribution in [0.25, 0.3) is 0 Å². The molecule has 3 aromatic rings. The van der Waals surface area contributed by atoms with Gasteiger partial charge in [-0.1, -0.05) is 48.5 Å². The Morgan fingerprint density at radius 1 is 1.10 bits per heavy atom. The van der Waals surface area contributed by atoms with E-state index in [2.05, 4.69) is 0 Å². The summed E-state index contributed by atoms with van der Waals surface area (Å²) in [5.74, 6) is -0.688. The number of thiophene rings is 1. The van der Waals surface area contributed by atoms with Gasteiger partial charge >= 0.3 is 0 Å². The summed E-state index contributed by atoms with van der Waals surface area (Å²) in [6.07, 6.45) is 0. The van der Waals surface area contributed by atoms with E-state index < -0.39 is 17.7 Å². The van der Waals surface area contributed by atoms with Crippen molar-refractivity contribution in [3.63, 3.8) is 0 Å². The van der Waals surface area contributed by atoms with Crippen molar-refractivity contribution >= 4 is 23.0 Å². The summed E-state index contributed by atoms with van der Waals surface area (Å²) in [4.78, 5) is 28.1. The highest BCUT2D eigenvalue weighted by atomic mass is 32.1. The minimum Gasteiger partial charge on any atom is -0.503 e. The lowest BCUT2D eigenvalue weighted by Crippen LogP contribution is -2.30. The molecule has 0 saturated heterocycles. The molecule has 0 fully saturated rings. The average molecular weight is 405 g/mol. The number of aliphatic hydroxyl groups is 1. The van der Waals surface area contributed by atoms with Crippen LogP contribution in [0.2, 0.25) is 0 Å². The predicted octanol–water partition coefficient (Wildman–Crippen LogP) is 4.54. The zero-order valence-electron chi connectivity index (χ0n) is 15.7. The monoisotopic (exact) mass is 405 g/mol. The molecule has 29 heavy (non-hydrogen) atoms. The first kappa shape index (κ1) is 19.0. The number of methoxy groups -OCH3 is 1. The third-order valence-electron chi connectivity index (χ3n) is 4.90. The normalized spacial score (nSPS) is 16.4. The van der Waals surface area contributed by atoms with E-state index in [1.54, 1.807) is 24.6 Å². The summed E-state index contributed by atoms with van der Waals surface area (Å²) in [5, 5.41) is 12.5.